The summed E-state index contributed by atoms with van der Waals surface area (Å²) in [6.07, 6.45) is 3.13. The van der Waals surface area contributed by atoms with Gasteiger partial charge in [0.1, 0.15) is 5.76 Å². The van der Waals surface area contributed by atoms with Crippen LogP contribution in [0, 0.1) is 0 Å². The second kappa shape index (κ2) is 4.77. The van der Waals surface area contributed by atoms with Crippen LogP contribution >= 0.6 is 0 Å². The van der Waals surface area contributed by atoms with Crippen LogP contribution in [0.15, 0.2) is 45.6 Å². The van der Waals surface area contributed by atoms with E-state index in [-0.39, 0.29) is 5.78 Å². The first kappa shape index (κ1) is 12.3. The summed E-state index contributed by atoms with van der Waals surface area (Å²) in [6, 6.07) is 7.15. The quantitative estimate of drug-likeness (QED) is 0.734. The number of carbonyl (C=O) groups is 1. The summed E-state index contributed by atoms with van der Waals surface area (Å²) in [5.41, 5.74) is 1.76. The van der Waals surface area contributed by atoms with Gasteiger partial charge in [-0.15, -0.1) is 0 Å². The lowest BCUT2D eigenvalue weighted by Crippen LogP contribution is -1.96. The summed E-state index contributed by atoms with van der Waals surface area (Å²) in [7, 11) is 1.51. The fraction of sp³-hybridized carbons (Fsp3) is 0.133. The highest BCUT2D eigenvalue weighted by Gasteiger charge is 2.26. The fourth-order valence-corrected chi connectivity index (χ4v) is 2.24. The van der Waals surface area contributed by atoms with E-state index in [4.69, 9.17) is 13.6 Å². The monoisotopic (exact) mass is 271 g/mol. The zero-order valence-corrected chi connectivity index (χ0v) is 11.1. The summed E-state index contributed by atoms with van der Waals surface area (Å²) < 4.78 is 16.1. The standard InChI is InChI=1S/C15H13NO4/c1-9(17)12-13(10-5-3-7-19-10)14(16-15(12)18-2)11-6-4-8-20-11/h3-8,16H,1-2H3. The number of ketones is 1. The molecule has 5 nitrogen and oxygen atoms in total. The molecule has 1 N–H and O–H groups in total. The van der Waals surface area contributed by atoms with Crippen LogP contribution in [0.5, 0.6) is 5.88 Å². The zero-order valence-electron chi connectivity index (χ0n) is 11.1. The molecule has 0 unspecified atom stereocenters. The van der Waals surface area contributed by atoms with Gasteiger partial charge in [-0.3, -0.25) is 4.79 Å². The first-order valence-corrected chi connectivity index (χ1v) is 6.11. The van der Waals surface area contributed by atoms with Crippen molar-refractivity contribution in [3.63, 3.8) is 0 Å². The maximum Gasteiger partial charge on any atom is 0.202 e. The fourth-order valence-electron chi connectivity index (χ4n) is 2.24. The number of methoxy groups -OCH3 is 1. The van der Waals surface area contributed by atoms with Gasteiger partial charge in [0, 0.05) is 0 Å². The Labute approximate surface area is 115 Å². The van der Waals surface area contributed by atoms with E-state index in [0.717, 1.165) is 0 Å². The molecule has 0 aliphatic carbocycles. The van der Waals surface area contributed by atoms with Crippen molar-refractivity contribution in [1.82, 2.24) is 4.98 Å². The number of ether oxygens (including phenoxy) is 1. The van der Waals surface area contributed by atoms with E-state index in [1.165, 1.54) is 14.0 Å². The Bertz CT molecular complexity index is 720. The van der Waals surface area contributed by atoms with Crippen molar-refractivity contribution in [3.8, 4) is 28.7 Å². The molecule has 5 heteroatoms. The number of Topliss-reactive ketones (excluding diaryl/α,β-unsaturated/α-hetero) is 1. The minimum atomic E-state index is -0.109. The molecule has 0 aliphatic heterocycles. The third-order valence-corrected chi connectivity index (χ3v) is 3.06. The predicted octanol–water partition coefficient (Wildman–Crippen LogP) is 3.75. The summed E-state index contributed by atoms with van der Waals surface area (Å²) in [4.78, 5) is 15.0. The van der Waals surface area contributed by atoms with Crippen LogP contribution in [0.3, 0.4) is 0 Å². The van der Waals surface area contributed by atoms with E-state index in [9.17, 15) is 4.79 Å². The minimum absolute atomic E-state index is 0.109. The maximum absolute atomic E-state index is 12.0. The van der Waals surface area contributed by atoms with Gasteiger partial charge in [-0.2, -0.15) is 0 Å². The molecule has 3 aromatic heterocycles. The molecule has 0 fully saturated rings. The van der Waals surface area contributed by atoms with Crippen molar-refractivity contribution in [2.75, 3.05) is 7.11 Å². The number of hydrogen-bond acceptors (Lipinski definition) is 4. The molecule has 3 rings (SSSR count). The Hall–Kier alpha value is -2.69. The summed E-state index contributed by atoms with van der Waals surface area (Å²) in [5.74, 6) is 1.49. The smallest absolute Gasteiger partial charge is 0.202 e. The van der Waals surface area contributed by atoms with Crippen molar-refractivity contribution >= 4 is 5.78 Å². The predicted molar refractivity (Wildman–Crippen MR) is 72.8 cm³/mol. The highest BCUT2D eigenvalue weighted by atomic mass is 16.5. The normalized spacial score (nSPS) is 10.7. The van der Waals surface area contributed by atoms with Crippen molar-refractivity contribution in [2.24, 2.45) is 0 Å². The molecule has 3 aromatic rings. The molecule has 20 heavy (non-hydrogen) atoms. The molecular formula is C15H13NO4. The van der Waals surface area contributed by atoms with Crippen molar-refractivity contribution in [2.45, 2.75) is 6.92 Å². The van der Waals surface area contributed by atoms with Crippen LogP contribution < -0.4 is 4.74 Å². The molecule has 0 bridgehead atoms. The third kappa shape index (κ3) is 1.84. The van der Waals surface area contributed by atoms with Crippen LogP contribution in [0.1, 0.15) is 17.3 Å². The van der Waals surface area contributed by atoms with E-state index in [1.807, 2.05) is 6.07 Å². The highest BCUT2D eigenvalue weighted by Crippen LogP contribution is 2.40. The number of furan rings is 2. The molecule has 0 radical (unpaired) electrons. The lowest BCUT2D eigenvalue weighted by Gasteiger charge is -2.01. The molecule has 0 saturated heterocycles. The first-order chi connectivity index (χ1) is 9.72. The van der Waals surface area contributed by atoms with Gasteiger partial charge in [0.15, 0.2) is 11.5 Å². The van der Waals surface area contributed by atoms with E-state index < -0.39 is 0 Å². The Kier molecular flexibility index (Phi) is 2.95. The van der Waals surface area contributed by atoms with Crippen LogP contribution in [-0.4, -0.2) is 17.9 Å². The van der Waals surface area contributed by atoms with Gasteiger partial charge in [0.25, 0.3) is 0 Å². The van der Waals surface area contributed by atoms with Crippen LogP contribution in [0.2, 0.25) is 0 Å². The molecule has 0 spiro atoms. The van der Waals surface area contributed by atoms with E-state index in [0.29, 0.717) is 34.2 Å². The van der Waals surface area contributed by atoms with Gasteiger partial charge in [-0.25, -0.2) is 0 Å². The Morgan fingerprint density at radius 2 is 1.80 bits per heavy atom. The van der Waals surface area contributed by atoms with Gasteiger partial charge in [-0.05, 0) is 31.2 Å². The lowest BCUT2D eigenvalue weighted by atomic mass is 10.0. The molecule has 0 amide bonds. The van der Waals surface area contributed by atoms with E-state index >= 15 is 0 Å². The minimum Gasteiger partial charge on any atom is -0.482 e. The largest absolute Gasteiger partial charge is 0.482 e. The SMILES string of the molecule is COc1[nH]c(-c2ccco2)c(-c2ccco2)c1C(C)=O. The molecule has 0 aliphatic rings. The van der Waals surface area contributed by atoms with Crippen LogP contribution in [0.25, 0.3) is 22.8 Å². The number of aromatic amines is 1. The van der Waals surface area contributed by atoms with Crippen LogP contribution in [0.4, 0.5) is 0 Å². The molecule has 0 saturated carbocycles. The number of aromatic nitrogens is 1. The summed E-state index contributed by atoms with van der Waals surface area (Å²) in [6.45, 7) is 1.49. The third-order valence-electron chi connectivity index (χ3n) is 3.06. The number of hydrogen-bond donors (Lipinski definition) is 1. The van der Waals surface area contributed by atoms with Gasteiger partial charge < -0.3 is 18.6 Å². The van der Waals surface area contributed by atoms with Crippen molar-refractivity contribution in [3.05, 3.63) is 42.4 Å². The van der Waals surface area contributed by atoms with E-state index in [1.54, 1.807) is 30.7 Å². The number of nitrogens with one attached hydrogen (secondary N) is 1. The van der Waals surface area contributed by atoms with Crippen LogP contribution in [-0.2, 0) is 0 Å². The molecule has 102 valence electrons. The maximum atomic E-state index is 12.0. The Balaban J connectivity index is 2.32. The second-order valence-electron chi connectivity index (χ2n) is 4.29. The van der Waals surface area contributed by atoms with Gasteiger partial charge in [0.05, 0.1) is 36.5 Å². The van der Waals surface area contributed by atoms with E-state index in [2.05, 4.69) is 4.98 Å². The molecule has 0 aromatic carbocycles. The Morgan fingerprint density at radius 3 is 2.30 bits per heavy atom. The second-order valence-corrected chi connectivity index (χ2v) is 4.29. The first-order valence-electron chi connectivity index (χ1n) is 6.11. The Morgan fingerprint density at radius 1 is 1.15 bits per heavy atom. The van der Waals surface area contributed by atoms with Crippen molar-refractivity contribution < 1.29 is 18.4 Å². The van der Waals surface area contributed by atoms with Gasteiger partial charge in [0.2, 0.25) is 5.88 Å². The zero-order chi connectivity index (χ0) is 14.1. The number of H-pyrrole nitrogens is 1. The van der Waals surface area contributed by atoms with Crippen molar-refractivity contribution in [1.29, 1.82) is 0 Å². The number of carbonyl (C=O) groups excluding carboxylic acids is 1. The van der Waals surface area contributed by atoms with Gasteiger partial charge >= 0.3 is 0 Å². The van der Waals surface area contributed by atoms with Gasteiger partial charge in [-0.1, -0.05) is 0 Å². The topological polar surface area (TPSA) is 68.4 Å². The summed E-state index contributed by atoms with van der Waals surface area (Å²) >= 11 is 0. The molecule has 0 atom stereocenters. The lowest BCUT2D eigenvalue weighted by molar-refractivity contribution is 0.101. The average Bonchev–Trinajstić information content (AvgIpc) is 3.16. The molecular weight excluding hydrogens is 258 g/mol. The highest BCUT2D eigenvalue weighted by molar-refractivity contribution is 6.06. The molecule has 3 heterocycles. The summed E-state index contributed by atoms with van der Waals surface area (Å²) in [5, 5.41) is 0. The number of rotatable bonds is 4. The average molecular weight is 271 g/mol.